The second kappa shape index (κ2) is 13.3. The molecule has 2 aromatic rings. The predicted molar refractivity (Wildman–Crippen MR) is 151 cm³/mol. The first kappa shape index (κ1) is 28.1. The van der Waals surface area contributed by atoms with Crippen LogP contribution in [-0.4, -0.2) is 40.9 Å². The number of carbonyl (C=O) groups is 3. The summed E-state index contributed by atoms with van der Waals surface area (Å²) < 4.78 is 0. The van der Waals surface area contributed by atoms with Crippen molar-refractivity contribution >= 4 is 35.0 Å². The van der Waals surface area contributed by atoms with Crippen molar-refractivity contribution in [3.8, 4) is 0 Å². The Morgan fingerprint density at radius 2 is 1.74 bits per heavy atom. The molecule has 2 atom stereocenters. The van der Waals surface area contributed by atoms with Gasteiger partial charge in [0.05, 0.1) is 24.6 Å². The second-order valence-corrected chi connectivity index (χ2v) is 10.9. The van der Waals surface area contributed by atoms with E-state index in [2.05, 4.69) is 41.0 Å². The fourth-order valence-electron chi connectivity index (χ4n) is 5.33. The number of nitrogens with zero attached hydrogens (tertiary/aromatic N) is 1. The molecule has 4 N–H and O–H groups in total. The number of benzene rings is 2. The van der Waals surface area contributed by atoms with Gasteiger partial charge in [0.25, 0.3) is 0 Å². The Morgan fingerprint density at radius 1 is 1.03 bits per heavy atom. The molecule has 3 amide bonds. The van der Waals surface area contributed by atoms with Gasteiger partial charge in [-0.1, -0.05) is 62.2 Å². The molecule has 0 radical (unpaired) electrons. The lowest BCUT2D eigenvalue weighted by Gasteiger charge is -2.20. The Morgan fingerprint density at radius 3 is 2.44 bits per heavy atom. The van der Waals surface area contributed by atoms with E-state index in [9.17, 15) is 14.4 Å². The van der Waals surface area contributed by atoms with E-state index in [4.69, 9.17) is 9.94 Å². The van der Waals surface area contributed by atoms with E-state index in [1.54, 1.807) is 12.1 Å². The maximum Gasteiger partial charge on any atom is 0.323 e. The summed E-state index contributed by atoms with van der Waals surface area (Å²) in [5.41, 5.74) is 4.15. The summed E-state index contributed by atoms with van der Waals surface area (Å²) in [5.74, 6) is -0.304. The zero-order chi connectivity index (χ0) is 27.8. The number of oxime groups is 1. The topological polar surface area (TPSA) is 129 Å². The lowest BCUT2D eigenvalue weighted by molar-refractivity contribution is -0.139. The highest BCUT2D eigenvalue weighted by molar-refractivity contribution is 6.00. The molecular formula is C30H38N4O5. The third kappa shape index (κ3) is 8.30. The van der Waals surface area contributed by atoms with Crippen LogP contribution in [0.2, 0.25) is 0 Å². The molecule has 2 unspecified atom stereocenters. The lowest BCUT2D eigenvalue weighted by Crippen LogP contribution is -2.42. The minimum Gasteiger partial charge on any atom is -0.481 e. The van der Waals surface area contributed by atoms with Gasteiger partial charge in [0, 0.05) is 17.8 Å². The number of urea groups is 1. The SMILES string of the molecule is CC(C)CC(NC(=O)Cc1ccc(NC(=O)Nc2ccccc2C2CCCC2)cc1)C1=NOC(CC(=O)O)C1. The van der Waals surface area contributed by atoms with E-state index in [1.807, 2.05) is 30.3 Å². The molecule has 0 aromatic heterocycles. The summed E-state index contributed by atoms with van der Waals surface area (Å²) in [6, 6.07) is 14.6. The molecule has 0 bridgehead atoms. The number of anilines is 2. The summed E-state index contributed by atoms with van der Waals surface area (Å²) in [6.07, 6.45) is 5.37. The molecule has 39 heavy (non-hydrogen) atoms. The fourth-order valence-corrected chi connectivity index (χ4v) is 5.33. The standard InChI is InChI=1S/C30H38N4O5/c1-19(2)15-26(27-17-23(39-34-27)18-29(36)37)32-28(35)16-20-11-13-22(14-12-20)31-30(38)33-25-10-6-5-9-24(25)21-7-3-4-8-21/h5-6,9-14,19,21,23,26H,3-4,7-8,15-18H2,1-2H3,(H,32,35)(H,36,37)(H2,31,33,38). The first-order valence-corrected chi connectivity index (χ1v) is 13.8. The Bertz CT molecular complexity index is 1190. The number of rotatable bonds is 11. The van der Waals surface area contributed by atoms with Crippen LogP contribution in [0, 0.1) is 5.92 Å². The molecule has 1 aliphatic heterocycles. The number of hydrogen-bond donors (Lipinski definition) is 4. The molecule has 1 heterocycles. The number of carboxylic acids is 1. The van der Waals surface area contributed by atoms with E-state index < -0.39 is 12.1 Å². The van der Waals surface area contributed by atoms with E-state index in [-0.39, 0.29) is 30.8 Å². The molecule has 1 aliphatic carbocycles. The van der Waals surface area contributed by atoms with Crippen LogP contribution in [0.1, 0.15) is 75.8 Å². The van der Waals surface area contributed by atoms with E-state index >= 15 is 0 Å². The maximum atomic E-state index is 12.8. The smallest absolute Gasteiger partial charge is 0.323 e. The average molecular weight is 535 g/mol. The summed E-state index contributed by atoms with van der Waals surface area (Å²) in [4.78, 5) is 41.8. The third-order valence-corrected chi connectivity index (χ3v) is 7.18. The van der Waals surface area contributed by atoms with Crippen molar-refractivity contribution in [2.45, 2.75) is 83.3 Å². The van der Waals surface area contributed by atoms with Gasteiger partial charge < -0.3 is 25.9 Å². The number of amides is 3. The van der Waals surface area contributed by atoms with Gasteiger partial charge in [0.1, 0.15) is 6.10 Å². The minimum absolute atomic E-state index is 0.124. The highest BCUT2D eigenvalue weighted by Crippen LogP contribution is 2.37. The molecule has 2 aromatic carbocycles. The van der Waals surface area contributed by atoms with Crippen LogP contribution in [0.15, 0.2) is 53.7 Å². The van der Waals surface area contributed by atoms with Crippen LogP contribution >= 0.6 is 0 Å². The van der Waals surface area contributed by atoms with Crippen molar-refractivity contribution in [1.82, 2.24) is 5.32 Å². The molecule has 1 saturated carbocycles. The summed E-state index contributed by atoms with van der Waals surface area (Å²) in [7, 11) is 0. The molecule has 208 valence electrons. The van der Waals surface area contributed by atoms with Crippen LogP contribution in [0.3, 0.4) is 0 Å². The molecule has 0 spiro atoms. The van der Waals surface area contributed by atoms with Crippen LogP contribution in [0.4, 0.5) is 16.2 Å². The lowest BCUT2D eigenvalue weighted by atomic mass is 9.95. The van der Waals surface area contributed by atoms with Gasteiger partial charge in [0.2, 0.25) is 5.91 Å². The van der Waals surface area contributed by atoms with Crippen molar-refractivity contribution in [2.75, 3.05) is 10.6 Å². The zero-order valence-corrected chi connectivity index (χ0v) is 22.6. The highest BCUT2D eigenvalue weighted by Gasteiger charge is 2.30. The average Bonchev–Trinajstić information content (AvgIpc) is 3.57. The van der Waals surface area contributed by atoms with Gasteiger partial charge in [-0.05, 0) is 60.4 Å². The summed E-state index contributed by atoms with van der Waals surface area (Å²) in [5, 5.41) is 22.0. The molecule has 1 fully saturated rings. The minimum atomic E-state index is -0.940. The van der Waals surface area contributed by atoms with Crippen LogP contribution in [0.5, 0.6) is 0 Å². The molecule has 9 heteroatoms. The van der Waals surface area contributed by atoms with Crippen LogP contribution in [-0.2, 0) is 20.8 Å². The van der Waals surface area contributed by atoms with Crippen molar-refractivity contribution in [2.24, 2.45) is 11.1 Å². The largest absolute Gasteiger partial charge is 0.481 e. The molecule has 9 nitrogen and oxygen atoms in total. The number of carbonyl (C=O) groups excluding carboxylic acids is 2. The van der Waals surface area contributed by atoms with Gasteiger partial charge >= 0.3 is 12.0 Å². The molecule has 2 aliphatic rings. The maximum absolute atomic E-state index is 12.8. The van der Waals surface area contributed by atoms with Crippen molar-refractivity contribution < 1.29 is 24.3 Å². The fraction of sp³-hybridized carbons (Fsp3) is 0.467. The Hall–Kier alpha value is -3.88. The van der Waals surface area contributed by atoms with Gasteiger partial charge in [-0.2, -0.15) is 0 Å². The third-order valence-electron chi connectivity index (χ3n) is 7.18. The van der Waals surface area contributed by atoms with Gasteiger partial charge in [-0.15, -0.1) is 0 Å². The summed E-state index contributed by atoms with van der Waals surface area (Å²) >= 11 is 0. The van der Waals surface area contributed by atoms with Gasteiger partial charge in [0.15, 0.2) is 0 Å². The van der Waals surface area contributed by atoms with Crippen LogP contribution < -0.4 is 16.0 Å². The van der Waals surface area contributed by atoms with Gasteiger partial charge in [-0.3, -0.25) is 9.59 Å². The monoisotopic (exact) mass is 534 g/mol. The molecule has 0 saturated heterocycles. The summed E-state index contributed by atoms with van der Waals surface area (Å²) in [6.45, 7) is 4.11. The molecular weight excluding hydrogens is 496 g/mol. The first-order chi connectivity index (χ1) is 18.8. The van der Waals surface area contributed by atoms with Gasteiger partial charge in [-0.25, -0.2) is 4.79 Å². The number of hydrogen-bond acceptors (Lipinski definition) is 5. The van der Waals surface area contributed by atoms with Crippen LogP contribution in [0.25, 0.3) is 0 Å². The van der Waals surface area contributed by atoms with E-state index in [0.717, 1.165) is 24.1 Å². The number of nitrogens with one attached hydrogen (secondary N) is 3. The quantitative estimate of drug-likeness (QED) is 0.295. The Balaban J connectivity index is 1.29. The van der Waals surface area contributed by atoms with Crippen molar-refractivity contribution in [3.63, 3.8) is 0 Å². The zero-order valence-electron chi connectivity index (χ0n) is 22.6. The second-order valence-electron chi connectivity index (χ2n) is 10.9. The number of carboxylic acid groups (broad SMARTS) is 1. The normalized spacial score (nSPS) is 17.8. The molecule has 4 rings (SSSR count). The van der Waals surface area contributed by atoms with E-state index in [0.29, 0.717) is 36.1 Å². The predicted octanol–water partition coefficient (Wildman–Crippen LogP) is 5.68. The highest BCUT2D eigenvalue weighted by atomic mass is 16.6. The Kier molecular flexibility index (Phi) is 9.57. The van der Waals surface area contributed by atoms with E-state index in [1.165, 1.54) is 18.4 Å². The van der Waals surface area contributed by atoms with Crippen molar-refractivity contribution in [1.29, 1.82) is 0 Å². The Labute approximate surface area is 229 Å². The first-order valence-electron chi connectivity index (χ1n) is 13.8. The number of aliphatic carboxylic acids is 1. The number of para-hydroxylation sites is 1. The van der Waals surface area contributed by atoms with Crippen molar-refractivity contribution in [3.05, 3.63) is 59.7 Å².